The van der Waals surface area contributed by atoms with Gasteiger partial charge in [0, 0.05) is 28.7 Å². The molecule has 0 saturated carbocycles. The minimum absolute atomic E-state index is 0.126. The van der Waals surface area contributed by atoms with E-state index < -0.39 is 0 Å². The van der Waals surface area contributed by atoms with Crippen molar-refractivity contribution in [1.29, 1.82) is 0 Å². The summed E-state index contributed by atoms with van der Waals surface area (Å²) in [6, 6.07) is 10.7. The molecule has 25 heavy (non-hydrogen) atoms. The van der Waals surface area contributed by atoms with Gasteiger partial charge >= 0.3 is 0 Å². The Labute approximate surface area is 150 Å². The second kappa shape index (κ2) is 9.42. The molecule has 2 rings (SSSR count). The molecule has 1 atom stereocenters. The van der Waals surface area contributed by atoms with Crippen molar-refractivity contribution >= 4 is 17.7 Å². The summed E-state index contributed by atoms with van der Waals surface area (Å²) in [6.07, 6.45) is 1.02. The lowest BCUT2D eigenvalue weighted by Crippen LogP contribution is -2.23. The van der Waals surface area contributed by atoms with Crippen molar-refractivity contribution in [3.05, 3.63) is 59.7 Å². The van der Waals surface area contributed by atoms with E-state index in [1.807, 2.05) is 6.92 Å². The number of hydrogen-bond acceptors (Lipinski definition) is 3. The highest BCUT2D eigenvalue weighted by molar-refractivity contribution is 7.99. The van der Waals surface area contributed by atoms with Gasteiger partial charge in [-0.3, -0.25) is 4.79 Å². The molecule has 1 unspecified atom stereocenters. The van der Waals surface area contributed by atoms with Crippen LogP contribution in [0, 0.1) is 11.6 Å². The third kappa shape index (κ3) is 6.38. The van der Waals surface area contributed by atoms with Crippen LogP contribution in [0.4, 0.5) is 8.78 Å². The molecule has 0 aliphatic heterocycles. The van der Waals surface area contributed by atoms with Gasteiger partial charge in [0.1, 0.15) is 17.4 Å². The maximum atomic E-state index is 13.7. The first kappa shape index (κ1) is 19.2. The lowest BCUT2D eigenvalue weighted by Gasteiger charge is -2.12. The van der Waals surface area contributed by atoms with Crippen molar-refractivity contribution in [3.63, 3.8) is 0 Å². The Balaban J connectivity index is 1.75. The molecule has 0 aromatic heterocycles. The Morgan fingerprint density at radius 1 is 1.20 bits per heavy atom. The highest BCUT2D eigenvalue weighted by atomic mass is 32.2. The molecule has 134 valence electrons. The minimum Gasteiger partial charge on any atom is -0.497 e. The molecule has 0 spiro atoms. The fourth-order valence-corrected chi connectivity index (χ4v) is 3.23. The number of methoxy groups -OCH3 is 1. The topological polar surface area (TPSA) is 38.3 Å². The fraction of sp³-hybridized carbons (Fsp3) is 0.316. The van der Waals surface area contributed by atoms with E-state index in [1.165, 1.54) is 31.4 Å². The average Bonchev–Trinajstić information content (AvgIpc) is 2.61. The number of hydrogen-bond donors (Lipinski definition) is 1. The molecular weight excluding hydrogens is 344 g/mol. The van der Waals surface area contributed by atoms with Gasteiger partial charge in [-0.25, -0.2) is 8.78 Å². The molecule has 6 heteroatoms. The number of carbonyl (C=O) groups excluding carboxylic acids is 1. The molecule has 2 aromatic carbocycles. The summed E-state index contributed by atoms with van der Waals surface area (Å²) >= 11 is 1.59. The predicted octanol–water partition coefficient (Wildman–Crippen LogP) is 4.55. The molecular formula is C19H21F2NO2S. The second-order valence-corrected chi connectivity index (χ2v) is 7.17. The molecule has 0 bridgehead atoms. The summed E-state index contributed by atoms with van der Waals surface area (Å²) in [4.78, 5) is 12.9. The van der Waals surface area contributed by atoms with Crippen LogP contribution in [-0.4, -0.2) is 18.3 Å². The molecule has 3 nitrogen and oxygen atoms in total. The van der Waals surface area contributed by atoms with Gasteiger partial charge in [0.05, 0.1) is 7.11 Å². The second-order valence-electron chi connectivity index (χ2n) is 5.66. The van der Waals surface area contributed by atoms with Crippen molar-refractivity contribution in [2.75, 3.05) is 7.11 Å². The Kier molecular flexibility index (Phi) is 7.25. The predicted molar refractivity (Wildman–Crippen MR) is 95.8 cm³/mol. The monoisotopic (exact) mass is 365 g/mol. The lowest BCUT2D eigenvalue weighted by atomic mass is 10.2. The van der Waals surface area contributed by atoms with Gasteiger partial charge in [0.15, 0.2) is 0 Å². The number of ether oxygens (including phenoxy) is 1. The summed E-state index contributed by atoms with van der Waals surface area (Å²) in [5.74, 6) is -0.216. The molecule has 0 aliphatic rings. The number of amides is 1. The third-order valence-corrected chi connectivity index (χ3v) is 4.84. The van der Waals surface area contributed by atoms with Crippen LogP contribution in [0.2, 0.25) is 0 Å². The van der Waals surface area contributed by atoms with E-state index in [2.05, 4.69) is 5.32 Å². The van der Waals surface area contributed by atoms with Crippen LogP contribution in [0.5, 0.6) is 5.75 Å². The van der Waals surface area contributed by atoms with Crippen molar-refractivity contribution in [2.24, 2.45) is 0 Å². The van der Waals surface area contributed by atoms with Crippen LogP contribution in [-0.2, 0) is 11.3 Å². The van der Waals surface area contributed by atoms with Crippen molar-refractivity contribution in [1.82, 2.24) is 5.32 Å². The van der Waals surface area contributed by atoms with Crippen molar-refractivity contribution in [2.45, 2.75) is 36.5 Å². The molecule has 0 fully saturated rings. The van der Waals surface area contributed by atoms with Crippen molar-refractivity contribution in [3.8, 4) is 5.75 Å². The van der Waals surface area contributed by atoms with Crippen LogP contribution < -0.4 is 10.1 Å². The van der Waals surface area contributed by atoms with Crippen LogP contribution >= 0.6 is 11.8 Å². The molecule has 1 N–H and O–H groups in total. The largest absolute Gasteiger partial charge is 0.497 e. The fourth-order valence-electron chi connectivity index (χ4n) is 2.23. The minimum atomic E-state index is -0.374. The number of thioether (sulfide) groups is 1. The lowest BCUT2D eigenvalue weighted by molar-refractivity contribution is -0.121. The Hall–Kier alpha value is -2.08. The van der Waals surface area contributed by atoms with Gasteiger partial charge in [-0.1, -0.05) is 6.92 Å². The van der Waals surface area contributed by atoms with Crippen LogP contribution in [0.3, 0.4) is 0 Å². The summed E-state index contributed by atoms with van der Waals surface area (Å²) in [5.41, 5.74) is 0.390. The Morgan fingerprint density at radius 3 is 2.60 bits per heavy atom. The van der Waals surface area contributed by atoms with E-state index in [1.54, 1.807) is 30.0 Å². The maximum absolute atomic E-state index is 13.7. The SMILES string of the molecule is COc1ccc(F)c(CNC(=O)CCC(C)Sc2ccc(F)cc2)c1. The van der Waals surface area contributed by atoms with Gasteiger partial charge in [-0.05, 0) is 48.9 Å². The van der Waals surface area contributed by atoms with E-state index in [-0.39, 0.29) is 29.3 Å². The highest BCUT2D eigenvalue weighted by Gasteiger charge is 2.10. The van der Waals surface area contributed by atoms with Crippen LogP contribution in [0.25, 0.3) is 0 Å². The van der Waals surface area contributed by atoms with Gasteiger partial charge in [0.2, 0.25) is 5.91 Å². The number of benzene rings is 2. The molecule has 2 aromatic rings. The number of halogens is 2. The van der Waals surface area contributed by atoms with Gasteiger partial charge in [0.25, 0.3) is 0 Å². The van der Waals surface area contributed by atoms with E-state index in [0.29, 0.717) is 24.2 Å². The quantitative estimate of drug-likeness (QED) is 0.698. The summed E-state index contributed by atoms with van der Waals surface area (Å²) in [7, 11) is 1.51. The maximum Gasteiger partial charge on any atom is 0.220 e. The van der Waals surface area contributed by atoms with Crippen LogP contribution in [0.15, 0.2) is 47.4 Å². The van der Waals surface area contributed by atoms with Gasteiger partial charge < -0.3 is 10.1 Å². The molecule has 0 radical (unpaired) electrons. The normalized spacial score (nSPS) is 11.8. The Bertz CT molecular complexity index is 707. The number of carbonyl (C=O) groups is 1. The van der Waals surface area contributed by atoms with E-state index in [9.17, 15) is 13.6 Å². The summed E-state index contributed by atoms with van der Waals surface area (Å²) < 4.78 is 31.6. The molecule has 1 amide bonds. The van der Waals surface area contributed by atoms with Crippen LogP contribution in [0.1, 0.15) is 25.3 Å². The van der Waals surface area contributed by atoms with E-state index in [0.717, 1.165) is 4.90 Å². The van der Waals surface area contributed by atoms with E-state index >= 15 is 0 Å². The third-order valence-electron chi connectivity index (χ3n) is 3.66. The smallest absolute Gasteiger partial charge is 0.220 e. The van der Waals surface area contributed by atoms with E-state index in [4.69, 9.17) is 4.74 Å². The highest BCUT2D eigenvalue weighted by Crippen LogP contribution is 2.26. The number of rotatable bonds is 8. The zero-order valence-corrected chi connectivity index (χ0v) is 15.0. The summed E-state index contributed by atoms with van der Waals surface area (Å²) in [5, 5.41) is 2.94. The van der Waals surface area contributed by atoms with Crippen molar-refractivity contribution < 1.29 is 18.3 Å². The number of nitrogens with one attached hydrogen (secondary N) is 1. The first-order valence-corrected chi connectivity index (χ1v) is 8.87. The zero-order valence-electron chi connectivity index (χ0n) is 14.2. The molecule has 0 saturated heterocycles. The molecule has 0 aliphatic carbocycles. The van der Waals surface area contributed by atoms with Gasteiger partial charge in [-0.15, -0.1) is 11.8 Å². The molecule has 0 heterocycles. The summed E-state index contributed by atoms with van der Waals surface area (Å²) in [6.45, 7) is 2.14. The first-order valence-electron chi connectivity index (χ1n) is 7.99. The van der Waals surface area contributed by atoms with Gasteiger partial charge in [-0.2, -0.15) is 0 Å². The zero-order chi connectivity index (χ0) is 18.2. The average molecular weight is 365 g/mol. The standard InChI is InChI=1S/C19H21F2NO2S/c1-13(25-17-7-4-15(20)5-8-17)3-10-19(23)22-12-14-11-16(24-2)6-9-18(14)21/h4-9,11,13H,3,10,12H2,1-2H3,(H,22,23). The first-order chi connectivity index (χ1) is 12.0. The Morgan fingerprint density at radius 2 is 1.92 bits per heavy atom.